The summed E-state index contributed by atoms with van der Waals surface area (Å²) < 4.78 is 0. The molecule has 1 aliphatic heterocycles. The maximum absolute atomic E-state index is 4.16. The summed E-state index contributed by atoms with van der Waals surface area (Å²) >= 11 is 0. The highest BCUT2D eigenvalue weighted by molar-refractivity contribution is 5.60. The lowest BCUT2D eigenvalue weighted by Crippen LogP contribution is -2.31. The van der Waals surface area contributed by atoms with E-state index in [0.717, 1.165) is 30.3 Å². The third kappa shape index (κ3) is 5.88. The summed E-state index contributed by atoms with van der Waals surface area (Å²) in [4.78, 5) is 6.50. The average molecular weight is 266 g/mol. The van der Waals surface area contributed by atoms with Crippen LogP contribution < -0.4 is 0 Å². The summed E-state index contributed by atoms with van der Waals surface area (Å²) in [5, 5.41) is 0. The number of hydrogen-bond acceptors (Lipinski definition) is 2. The number of likely N-dealkylation sites (tertiary alicyclic amines) is 1. The third-order valence-electron chi connectivity index (χ3n) is 3.16. The lowest BCUT2D eigenvalue weighted by atomic mass is 9.98. The molecule has 0 atom stereocenters. The predicted molar refractivity (Wildman–Crippen MR) is 84.9 cm³/mol. The number of pyridine rings is 1. The lowest BCUT2D eigenvalue weighted by Gasteiger charge is -2.33. The fourth-order valence-corrected chi connectivity index (χ4v) is 1.99. The van der Waals surface area contributed by atoms with Crippen LogP contribution in [0.5, 0.6) is 0 Å². The minimum absolute atomic E-state index is 0. The molecule has 2 heterocycles. The van der Waals surface area contributed by atoms with Crippen LogP contribution in [0.2, 0.25) is 0 Å². The van der Waals surface area contributed by atoms with Gasteiger partial charge in [0.15, 0.2) is 0 Å². The first-order valence-electron chi connectivity index (χ1n) is 6.61. The van der Waals surface area contributed by atoms with Crippen LogP contribution in [0.15, 0.2) is 31.1 Å². The van der Waals surface area contributed by atoms with E-state index in [-0.39, 0.29) is 12.9 Å². The molecule has 3 nitrogen and oxygen atoms in total. The van der Waals surface area contributed by atoms with Gasteiger partial charge in [0.1, 0.15) is 0 Å². The van der Waals surface area contributed by atoms with Crippen molar-refractivity contribution in [3.8, 4) is 0 Å². The number of aromatic nitrogens is 1. The first kappa shape index (κ1) is 20.0. The number of nitrogens with zero attached hydrogens (tertiary/aromatic N) is 2. The minimum Gasteiger partial charge on any atom is -0.412 e. The van der Waals surface area contributed by atoms with Crippen molar-refractivity contribution in [1.29, 1.82) is 0 Å². The summed E-state index contributed by atoms with van der Waals surface area (Å²) in [6.07, 6.45) is 6.24. The van der Waals surface area contributed by atoms with Crippen LogP contribution in [0, 0.1) is 5.92 Å². The molecule has 19 heavy (non-hydrogen) atoms. The molecule has 0 amide bonds. The highest BCUT2D eigenvalue weighted by Gasteiger charge is 2.17. The van der Waals surface area contributed by atoms with Crippen LogP contribution in [0.1, 0.15) is 46.6 Å². The van der Waals surface area contributed by atoms with Gasteiger partial charge in [0.05, 0.1) is 0 Å². The van der Waals surface area contributed by atoms with E-state index in [4.69, 9.17) is 0 Å². The van der Waals surface area contributed by atoms with Crippen molar-refractivity contribution in [1.82, 2.24) is 9.88 Å². The second-order valence-electron chi connectivity index (χ2n) is 4.36. The summed E-state index contributed by atoms with van der Waals surface area (Å²) in [5.74, 6) is 0.864. The standard InChI is InChI=1S/C13H18N2.C2H6.CH4.H2O/c1-11-5-8-15(9-6-11)12(2)13-4-3-7-14-10-13;1-2;;/h3-4,7,10-11H,2,5-6,8-9H2,1H3;1-2H3;1H4;1H2. The lowest BCUT2D eigenvalue weighted by molar-refractivity contribution is 0.268. The summed E-state index contributed by atoms with van der Waals surface area (Å²) in [6.45, 7) is 12.8. The van der Waals surface area contributed by atoms with Crippen LogP contribution in [-0.2, 0) is 0 Å². The van der Waals surface area contributed by atoms with Crippen LogP contribution in [-0.4, -0.2) is 28.4 Å². The number of hydrogen-bond donors (Lipinski definition) is 0. The maximum Gasteiger partial charge on any atom is 0.0382 e. The summed E-state index contributed by atoms with van der Waals surface area (Å²) in [6, 6.07) is 4.04. The van der Waals surface area contributed by atoms with Gasteiger partial charge in [-0.15, -0.1) is 0 Å². The zero-order valence-corrected chi connectivity index (χ0v) is 11.8. The van der Waals surface area contributed by atoms with Crippen LogP contribution in [0.4, 0.5) is 0 Å². The Balaban J connectivity index is 0. The Kier molecular flexibility index (Phi) is 11.1. The molecule has 0 spiro atoms. The third-order valence-corrected chi connectivity index (χ3v) is 3.16. The molecule has 2 N–H and O–H groups in total. The first-order valence-corrected chi connectivity index (χ1v) is 6.61. The van der Waals surface area contributed by atoms with Crippen molar-refractivity contribution in [2.24, 2.45) is 5.92 Å². The Morgan fingerprint density at radius 1 is 1.32 bits per heavy atom. The van der Waals surface area contributed by atoms with E-state index < -0.39 is 0 Å². The van der Waals surface area contributed by atoms with E-state index in [0.29, 0.717) is 0 Å². The van der Waals surface area contributed by atoms with Crippen molar-refractivity contribution in [2.75, 3.05) is 13.1 Å². The van der Waals surface area contributed by atoms with Gasteiger partial charge in [-0.1, -0.05) is 34.8 Å². The van der Waals surface area contributed by atoms with Gasteiger partial charge in [0, 0.05) is 36.7 Å². The second-order valence-corrected chi connectivity index (χ2v) is 4.36. The molecular weight excluding hydrogens is 236 g/mol. The SMILES string of the molecule is C.C=C(c1cccnc1)N1CCC(C)CC1.CC.O. The first-order chi connectivity index (χ1) is 8.27. The van der Waals surface area contributed by atoms with Crippen molar-refractivity contribution in [3.63, 3.8) is 0 Å². The minimum atomic E-state index is 0. The molecule has 0 saturated carbocycles. The average Bonchev–Trinajstić information content (AvgIpc) is 2.42. The Morgan fingerprint density at radius 2 is 1.89 bits per heavy atom. The van der Waals surface area contributed by atoms with Gasteiger partial charge in [0.2, 0.25) is 0 Å². The molecule has 1 aromatic rings. The zero-order valence-electron chi connectivity index (χ0n) is 11.8. The topological polar surface area (TPSA) is 47.6 Å². The predicted octanol–water partition coefficient (Wildman–Crippen LogP) is 3.62. The normalized spacial score (nSPS) is 14.4. The molecule has 0 radical (unpaired) electrons. The monoisotopic (exact) mass is 266 g/mol. The number of rotatable bonds is 2. The van der Waals surface area contributed by atoms with Gasteiger partial charge in [-0.2, -0.15) is 0 Å². The van der Waals surface area contributed by atoms with Crippen molar-refractivity contribution in [3.05, 3.63) is 36.7 Å². The van der Waals surface area contributed by atoms with E-state index in [1.807, 2.05) is 26.1 Å². The largest absolute Gasteiger partial charge is 0.412 e. The molecule has 2 rings (SSSR count). The summed E-state index contributed by atoms with van der Waals surface area (Å²) in [5.41, 5.74) is 2.27. The highest BCUT2D eigenvalue weighted by atomic mass is 16.0. The second kappa shape index (κ2) is 10.6. The van der Waals surface area contributed by atoms with Gasteiger partial charge in [-0.3, -0.25) is 4.98 Å². The van der Waals surface area contributed by atoms with Crippen molar-refractivity contribution in [2.45, 2.75) is 41.0 Å². The van der Waals surface area contributed by atoms with Crippen LogP contribution in [0.3, 0.4) is 0 Å². The Labute approximate surface area is 118 Å². The van der Waals surface area contributed by atoms with Gasteiger partial charge in [-0.05, 0) is 30.9 Å². The molecule has 0 aromatic carbocycles. The molecule has 3 heteroatoms. The summed E-state index contributed by atoms with van der Waals surface area (Å²) in [7, 11) is 0. The van der Waals surface area contributed by atoms with Gasteiger partial charge < -0.3 is 10.4 Å². The van der Waals surface area contributed by atoms with Crippen molar-refractivity contribution < 1.29 is 5.48 Å². The van der Waals surface area contributed by atoms with E-state index in [2.05, 4.69) is 29.5 Å². The molecule has 1 fully saturated rings. The zero-order chi connectivity index (χ0) is 12.7. The Morgan fingerprint density at radius 3 is 2.37 bits per heavy atom. The van der Waals surface area contributed by atoms with E-state index >= 15 is 0 Å². The Bertz CT molecular complexity index is 330. The van der Waals surface area contributed by atoms with Gasteiger partial charge in [0.25, 0.3) is 0 Å². The number of piperidine rings is 1. The molecular formula is C16H30N2O. The fourth-order valence-electron chi connectivity index (χ4n) is 1.99. The molecule has 1 aliphatic rings. The van der Waals surface area contributed by atoms with Crippen LogP contribution >= 0.6 is 0 Å². The van der Waals surface area contributed by atoms with E-state index in [1.165, 1.54) is 12.8 Å². The van der Waals surface area contributed by atoms with Gasteiger partial charge in [-0.25, -0.2) is 0 Å². The molecule has 0 aliphatic carbocycles. The molecule has 110 valence electrons. The maximum atomic E-state index is 4.16. The van der Waals surface area contributed by atoms with Crippen molar-refractivity contribution >= 4 is 5.70 Å². The highest BCUT2D eigenvalue weighted by Crippen LogP contribution is 2.23. The van der Waals surface area contributed by atoms with E-state index in [9.17, 15) is 0 Å². The fraction of sp³-hybridized carbons (Fsp3) is 0.562. The molecule has 0 unspecified atom stereocenters. The van der Waals surface area contributed by atoms with Crippen LogP contribution in [0.25, 0.3) is 5.70 Å². The molecule has 1 saturated heterocycles. The quantitative estimate of drug-likeness (QED) is 0.820. The molecule has 0 bridgehead atoms. The van der Waals surface area contributed by atoms with Gasteiger partial charge >= 0.3 is 0 Å². The molecule has 1 aromatic heterocycles. The Hall–Kier alpha value is -1.35. The smallest absolute Gasteiger partial charge is 0.0382 e. The van der Waals surface area contributed by atoms with E-state index in [1.54, 1.807) is 6.20 Å².